The summed E-state index contributed by atoms with van der Waals surface area (Å²) in [6.07, 6.45) is 1.95. The largest absolute Gasteiger partial charge is 0.478 e. The van der Waals surface area contributed by atoms with Gasteiger partial charge in [-0.15, -0.1) is 0 Å². The molecule has 0 bridgehead atoms. The van der Waals surface area contributed by atoms with Crippen LogP contribution in [0.15, 0.2) is 54.6 Å². The summed E-state index contributed by atoms with van der Waals surface area (Å²) < 4.78 is 0. The van der Waals surface area contributed by atoms with Crippen molar-refractivity contribution >= 4 is 23.5 Å². The Morgan fingerprint density at radius 3 is 2.50 bits per heavy atom. The minimum absolute atomic E-state index is 0.0702. The first-order chi connectivity index (χ1) is 13.5. The van der Waals surface area contributed by atoms with Crippen LogP contribution >= 0.6 is 0 Å². The zero-order valence-corrected chi connectivity index (χ0v) is 15.9. The highest BCUT2D eigenvalue weighted by Crippen LogP contribution is 2.23. The van der Waals surface area contributed by atoms with Crippen molar-refractivity contribution < 1.29 is 19.5 Å². The molecule has 2 aromatic carbocycles. The maximum absolute atomic E-state index is 12.9. The molecule has 146 valence electrons. The van der Waals surface area contributed by atoms with Crippen LogP contribution in [0.25, 0.3) is 0 Å². The minimum atomic E-state index is -1.00. The molecular formula is C22H24N2O4. The average Bonchev–Trinajstić information content (AvgIpc) is 2.72. The third kappa shape index (κ3) is 4.22. The second-order valence-electron chi connectivity index (χ2n) is 6.95. The number of aryl methyl sites for hydroxylation is 1. The summed E-state index contributed by atoms with van der Waals surface area (Å²) in [5.41, 5.74) is 1.67. The lowest BCUT2D eigenvalue weighted by Gasteiger charge is -2.37. The number of rotatable bonds is 6. The highest BCUT2D eigenvalue weighted by atomic mass is 16.4. The molecule has 1 saturated heterocycles. The molecule has 1 atom stereocenters. The predicted molar refractivity (Wildman–Crippen MR) is 106 cm³/mol. The Bertz CT molecular complexity index is 866. The lowest BCUT2D eigenvalue weighted by Crippen LogP contribution is -2.53. The number of carboxylic acids is 1. The number of carboxylic acid groups (broad SMARTS) is 1. The van der Waals surface area contributed by atoms with Crippen molar-refractivity contribution in [3.05, 3.63) is 65.7 Å². The number of hydrogen-bond acceptors (Lipinski definition) is 3. The lowest BCUT2D eigenvalue weighted by molar-refractivity contribution is -0.138. The Morgan fingerprint density at radius 1 is 1.11 bits per heavy atom. The van der Waals surface area contributed by atoms with Crippen LogP contribution in [-0.2, 0) is 16.0 Å². The fraction of sp³-hybridized carbons (Fsp3) is 0.318. The molecule has 1 heterocycles. The van der Waals surface area contributed by atoms with Gasteiger partial charge >= 0.3 is 5.97 Å². The Labute approximate surface area is 164 Å². The zero-order valence-electron chi connectivity index (χ0n) is 15.9. The molecule has 2 amide bonds. The topological polar surface area (TPSA) is 77.9 Å². The van der Waals surface area contributed by atoms with Crippen LogP contribution in [0.4, 0.5) is 5.69 Å². The van der Waals surface area contributed by atoms with Crippen molar-refractivity contribution in [2.75, 3.05) is 18.5 Å². The van der Waals surface area contributed by atoms with Gasteiger partial charge in [-0.25, -0.2) is 4.79 Å². The molecule has 6 nitrogen and oxygen atoms in total. The van der Waals surface area contributed by atoms with Crippen LogP contribution in [0.3, 0.4) is 0 Å². The van der Waals surface area contributed by atoms with Crippen LogP contribution in [0.5, 0.6) is 0 Å². The first-order valence-corrected chi connectivity index (χ1v) is 9.42. The van der Waals surface area contributed by atoms with Gasteiger partial charge in [-0.05, 0) is 43.0 Å². The zero-order chi connectivity index (χ0) is 20.1. The summed E-state index contributed by atoms with van der Waals surface area (Å²) in [4.78, 5) is 40.2. The molecule has 0 saturated carbocycles. The van der Waals surface area contributed by atoms with Gasteiger partial charge in [0.2, 0.25) is 11.8 Å². The quantitative estimate of drug-likeness (QED) is 0.836. The Balaban J connectivity index is 1.66. The second-order valence-corrected chi connectivity index (χ2v) is 6.95. The number of amides is 2. The molecule has 1 fully saturated rings. The molecule has 0 aliphatic carbocycles. The number of aromatic carboxylic acids is 1. The third-order valence-electron chi connectivity index (χ3n) is 5.20. The molecule has 1 aliphatic heterocycles. The van der Waals surface area contributed by atoms with E-state index < -0.39 is 12.0 Å². The number of likely N-dealkylation sites (N-methyl/N-ethyl adjacent to an activating group) is 1. The number of benzene rings is 2. The van der Waals surface area contributed by atoms with Crippen LogP contribution in [0, 0.1) is 0 Å². The summed E-state index contributed by atoms with van der Waals surface area (Å²) in [5.74, 6) is -1.23. The molecule has 1 N–H and O–H groups in total. The summed E-state index contributed by atoms with van der Waals surface area (Å²) in [5, 5.41) is 9.27. The van der Waals surface area contributed by atoms with Crippen LogP contribution < -0.4 is 4.90 Å². The molecule has 2 aromatic rings. The van der Waals surface area contributed by atoms with Crippen LogP contribution in [0.1, 0.15) is 35.2 Å². The highest BCUT2D eigenvalue weighted by Gasteiger charge is 2.34. The third-order valence-corrected chi connectivity index (χ3v) is 5.20. The van der Waals surface area contributed by atoms with E-state index in [4.69, 9.17) is 0 Å². The van der Waals surface area contributed by atoms with Crippen molar-refractivity contribution in [2.24, 2.45) is 0 Å². The van der Waals surface area contributed by atoms with Gasteiger partial charge in [-0.2, -0.15) is 0 Å². The summed E-state index contributed by atoms with van der Waals surface area (Å²) >= 11 is 0. The summed E-state index contributed by atoms with van der Waals surface area (Å²) in [7, 11) is 1.66. The van der Waals surface area contributed by atoms with Crippen molar-refractivity contribution in [2.45, 2.75) is 31.7 Å². The van der Waals surface area contributed by atoms with E-state index in [0.29, 0.717) is 24.9 Å². The standard InChI is InChI=1S/C22H24N2O4/c1-23(20(25)14-13-16-8-5-6-11-18(16)22(27)28)19-12-7-15-24(21(19)26)17-9-3-2-4-10-17/h2-6,8-11,19H,7,12-15H2,1H3,(H,27,28). The summed E-state index contributed by atoms with van der Waals surface area (Å²) in [6.45, 7) is 0.646. The highest BCUT2D eigenvalue weighted by molar-refractivity contribution is 5.99. The van der Waals surface area contributed by atoms with Crippen LogP contribution in [-0.4, -0.2) is 47.4 Å². The van der Waals surface area contributed by atoms with Gasteiger partial charge < -0.3 is 14.9 Å². The van der Waals surface area contributed by atoms with E-state index in [9.17, 15) is 19.5 Å². The molecule has 0 aromatic heterocycles. The Hall–Kier alpha value is -3.15. The molecule has 0 radical (unpaired) electrons. The molecule has 3 rings (SSSR count). The number of piperidine rings is 1. The number of carbonyl (C=O) groups is 3. The number of carbonyl (C=O) groups excluding carboxylic acids is 2. The first kappa shape index (κ1) is 19.6. The van der Waals surface area contributed by atoms with E-state index >= 15 is 0 Å². The van der Waals surface area contributed by atoms with E-state index in [2.05, 4.69) is 0 Å². The Kier molecular flexibility index (Phi) is 6.09. The van der Waals surface area contributed by atoms with E-state index in [0.717, 1.165) is 12.1 Å². The van der Waals surface area contributed by atoms with Gasteiger partial charge in [-0.3, -0.25) is 9.59 Å². The summed E-state index contributed by atoms with van der Waals surface area (Å²) in [6, 6.07) is 15.7. The van der Waals surface area contributed by atoms with E-state index in [1.807, 2.05) is 30.3 Å². The average molecular weight is 380 g/mol. The van der Waals surface area contributed by atoms with Gasteiger partial charge in [0.05, 0.1) is 5.56 Å². The molecule has 28 heavy (non-hydrogen) atoms. The van der Waals surface area contributed by atoms with Gasteiger partial charge in [0.25, 0.3) is 0 Å². The van der Waals surface area contributed by atoms with Crippen molar-refractivity contribution in [3.8, 4) is 0 Å². The van der Waals surface area contributed by atoms with Crippen molar-refractivity contribution in [3.63, 3.8) is 0 Å². The monoisotopic (exact) mass is 380 g/mol. The smallest absolute Gasteiger partial charge is 0.335 e. The molecule has 0 spiro atoms. The molecular weight excluding hydrogens is 356 g/mol. The van der Waals surface area contributed by atoms with Gasteiger partial charge in [0.15, 0.2) is 0 Å². The van der Waals surface area contributed by atoms with E-state index in [1.54, 1.807) is 30.1 Å². The lowest BCUT2D eigenvalue weighted by atomic mass is 10.00. The minimum Gasteiger partial charge on any atom is -0.478 e. The normalized spacial score (nSPS) is 16.7. The number of anilines is 1. The molecule has 6 heteroatoms. The van der Waals surface area contributed by atoms with Gasteiger partial charge in [0.1, 0.15) is 6.04 Å². The molecule has 1 unspecified atom stereocenters. The first-order valence-electron chi connectivity index (χ1n) is 9.42. The van der Waals surface area contributed by atoms with E-state index in [1.165, 1.54) is 11.0 Å². The SMILES string of the molecule is CN(C(=O)CCc1ccccc1C(=O)O)C1CCCN(c2ccccc2)C1=O. The number of nitrogens with zero attached hydrogens (tertiary/aromatic N) is 2. The van der Waals surface area contributed by atoms with Gasteiger partial charge in [-0.1, -0.05) is 36.4 Å². The molecule has 1 aliphatic rings. The van der Waals surface area contributed by atoms with Crippen molar-refractivity contribution in [1.29, 1.82) is 0 Å². The van der Waals surface area contributed by atoms with Gasteiger partial charge in [0, 0.05) is 25.7 Å². The fourth-order valence-electron chi connectivity index (χ4n) is 3.62. The number of para-hydroxylation sites is 1. The maximum atomic E-state index is 12.9. The predicted octanol–water partition coefficient (Wildman–Crippen LogP) is 2.97. The van der Waals surface area contributed by atoms with Crippen molar-refractivity contribution in [1.82, 2.24) is 4.90 Å². The van der Waals surface area contributed by atoms with E-state index in [-0.39, 0.29) is 23.8 Å². The maximum Gasteiger partial charge on any atom is 0.335 e. The second kappa shape index (κ2) is 8.69. The number of hydrogen-bond donors (Lipinski definition) is 1. The van der Waals surface area contributed by atoms with Crippen LogP contribution in [0.2, 0.25) is 0 Å². The fourth-order valence-corrected chi connectivity index (χ4v) is 3.62. The Morgan fingerprint density at radius 2 is 1.79 bits per heavy atom.